The average Bonchev–Trinajstić information content (AvgIpc) is 2.03. The van der Waals surface area contributed by atoms with E-state index in [1.165, 1.54) is 0 Å². The maximum absolute atomic E-state index is 9.96. The zero-order valence-corrected chi connectivity index (χ0v) is 10.4. The molecule has 5 heteroatoms. The summed E-state index contributed by atoms with van der Waals surface area (Å²) >= 11 is 0. The molecule has 0 amide bonds. The summed E-state index contributed by atoms with van der Waals surface area (Å²) in [6.45, 7) is 7.86. The molecule has 84 valence electrons. The molecular weight excluding hydrogens is 199 g/mol. The molecule has 0 atom stereocenters. The van der Waals surface area contributed by atoms with E-state index in [2.05, 4.69) is 0 Å². The van der Waals surface area contributed by atoms with Gasteiger partial charge in [0.05, 0.1) is 0 Å². The van der Waals surface area contributed by atoms with Crippen molar-refractivity contribution in [1.82, 2.24) is 4.67 Å². The van der Waals surface area contributed by atoms with Crippen LogP contribution in [0, 0.1) is 11.3 Å². The third-order valence-electron chi connectivity index (χ3n) is 2.29. The molecule has 0 aliphatic carbocycles. The minimum atomic E-state index is -3.33. The van der Waals surface area contributed by atoms with E-state index >= 15 is 0 Å². The Labute approximate surface area is 86.7 Å². The molecule has 0 aromatic carbocycles. The predicted octanol–water partition coefficient (Wildman–Crippen LogP) is 1.50. The Bertz CT molecular complexity index is 211. The van der Waals surface area contributed by atoms with Gasteiger partial charge in [-0.2, -0.15) is 0 Å². The van der Waals surface area contributed by atoms with E-state index in [4.69, 9.17) is 5.26 Å². The number of rotatable bonds is 5. The van der Waals surface area contributed by atoms with Crippen LogP contribution in [0.2, 0.25) is 0 Å². The van der Waals surface area contributed by atoms with Crippen molar-refractivity contribution >= 4 is 7.87 Å². The van der Waals surface area contributed by atoms with Crippen LogP contribution in [-0.4, -0.2) is 32.7 Å². The molecule has 0 aliphatic rings. The van der Waals surface area contributed by atoms with Crippen LogP contribution in [-0.2, 0) is 0 Å². The van der Waals surface area contributed by atoms with Crippen LogP contribution in [0.15, 0.2) is 0 Å². The number of nitriles is 1. The van der Waals surface area contributed by atoms with Gasteiger partial charge in [0.2, 0.25) is 0 Å². The van der Waals surface area contributed by atoms with Crippen LogP contribution in [0.1, 0.15) is 34.1 Å². The van der Waals surface area contributed by atoms with Crippen LogP contribution in [0.4, 0.5) is 0 Å². The molecule has 0 unspecified atom stereocenters. The molecule has 14 heavy (non-hydrogen) atoms. The van der Waals surface area contributed by atoms with Crippen LogP contribution < -0.4 is 0 Å². The fourth-order valence-electron chi connectivity index (χ4n) is 1.30. The second kappa shape index (κ2) is 5.63. The summed E-state index contributed by atoms with van der Waals surface area (Å²) in [4.78, 5) is 19.9. The third kappa shape index (κ3) is 3.51. The van der Waals surface area contributed by atoms with Gasteiger partial charge in [-0.15, -0.1) is 0 Å². The molecule has 0 saturated carbocycles. The summed E-state index contributed by atoms with van der Waals surface area (Å²) in [5, 5.41) is 8.48. The van der Waals surface area contributed by atoms with E-state index in [1.807, 2.05) is 19.9 Å². The van der Waals surface area contributed by atoms with Gasteiger partial charge in [-0.3, -0.25) is 0 Å². The van der Waals surface area contributed by atoms with Gasteiger partial charge >= 0.3 is 86.0 Å². The van der Waals surface area contributed by atoms with E-state index in [0.717, 1.165) is 0 Å². The topological polar surface area (TPSA) is 67.5 Å². The predicted molar refractivity (Wildman–Crippen MR) is 60.0 cm³/mol. The molecule has 0 heterocycles. The van der Waals surface area contributed by atoms with Gasteiger partial charge in [0, 0.05) is 0 Å². The van der Waals surface area contributed by atoms with Crippen LogP contribution in [0.5, 0.6) is 0 Å². The van der Waals surface area contributed by atoms with Crippen molar-refractivity contribution in [1.29, 1.82) is 5.26 Å². The number of nitrogens with zero attached hydrogens (tertiary/aromatic N) is 2. The minimum absolute atomic E-state index is 0.0624. The first-order chi connectivity index (χ1) is 6.34. The third-order valence-corrected chi connectivity index (χ3v) is 5.42. The molecule has 2 N–H and O–H groups in total. The first-order valence-electron chi connectivity index (χ1n) is 4.92. The van der Waals surface area contributed by atoms with Crippen molar-refractivity contribution in [2.75, 3.05) is 6.54 Å². The summed E-state index contributed by atoms with van der Waals surface area (Å²) in [5.74, 6) is 0. The van der Waals surface area contributed by atoms with Gasteiger partial charge < -0.3 is 0 Å². The van der Waals surface area contributed by atoms with E-state index in [0.29, 0.717) is 13.0 Å². The SMILES string of the molecule is CC(C)N(CCC#N)[PH](O)(O)C(C)C. The molecule has 0 saturated heterocycles. The fourth-order valence-corrected chi connectivity index (χ4v) is 3.17. The molecular formula is C9H21N2O2P. The Morgan fingerprint density at radius 3 is 2.07 bits per heavy atom. The second-order valence-electron chi connectivity index (χ2n) is 4.04. The molecule has 0 aliphatic heterocycles. The fraction of sp³-hybridized carbons (Fsp3) is 0.889. The Balaban J connectivity index is 4.57. The molecule has 0 spiro atoms. The van der Waals surface area contributed by atoms with Crippen molar-refractivity contribution in [2.45, 2.75) is 45.8 Å². The zero-order chi connectivity index (χ0) is 11.4. The molecule has 0 aromatic heterocycles. The van der Waals surface area contributed by atoms with Crippen LogP contribution in [0.3, 0.4) is 0 Å². The molecule has 0 bridgehead atoms. The quantitative estimate of drug-likeness (QED) is 0.689. The van der Waals surface area contributed by atoms with Gasteiger partial charge in [0.25, 0.3) is 0 Å². The van der Waals surface area contributed by atoms with Gasteiger partial charge in [-0.1, -0.05) is 0 Å². The molecule has 4 nitrogen and oxygen atoms in total. The first-order valence-corrected chi connectivity index (χ1v) is 6.84. The van der Waals surface area contributed by atoms with Crippen molar-refractivity contribution in [3.05, 3.63) is 0 Å². The summed E-state index contributed by atoms with van der Waals surface area (Å²) < 4.78 is 1.67. The number of hydrogen-bond acceptors (Lipinski definition) is 4. The molecule has 0 fully saturated rings. The summed E-state index contributed by atoms with van der Waals surface area (Å²) in [6, 6.07) is 2.08. The Morgan fingerprint density at radius 2 is 1.79 bits per heavy atom. The van der Waals surface area contributed by atoms with Crippen LogP contribution >= 0.6 is 7.87 Å². The first kappa shape index (κ1) is 13.8. The monoisotopic (exact) mass is 220 g/mol. The molecule has 0 aromatic rings. The van der Waals surface area contributed by atoms with Crippen molar-refractivity contribution < 1.29 is 9.79 Å². The van der Waals surface area contributed by atoms with Gasteiger partial charge in [0.1, 0.15) is 0 Å². The maximum atomic E-state index is 9.96. The van der Waals surface area contributed by atoms with E-state index in [9.17, 15) is 9.79 Å². The van der Waals surface area contributed by atoms with Crippen molar-refractivity contribution in [3.63, 3.8) is 0 Å². The Kier molecular flexibility index (Phi) is 5.54. The normalized spacial score (nSPS) is 13.7. The van der Waals surface area contributed by atoms with Crippen molar-refractivity contribution in [3.8, 4) is 6.07 Å². The van der Waals surface area contributed by atoms with Crippen molar-refractivity contribution in [2.24, 2.45) is 0 Å². The summed E-state index contributed by atoms with van der Waals surface area (Å²) in [5.41, 5.74) is -0.149. The van der Waals surface area contributed by atoms with Crippen LogP contribution in [0.25, 0.3) is 0 Å². The molecule has 0 rings (SSSR count). The van der Waals surface area contributed by atoms with Gasteiger partial charge in [-0.25, -0.2) is 0 Å². The summed E-state index contributed by atoms with van der Waals surface area (Å²) in [6.07, 6.45) is 0.334. The number of hydrogen-bond donors (Lipinski definition) is 2. The standard InChI is InChI=1S/C9H21N2O2P/c1-8(2)11(7-5-6-10)14(12,13)9(3)4/h8-9,12-14H,5,7H2,1-4H3. The van der Waals surface area contributed by atoms with Gasteiger partial charge in [0.15, 0.2) is 0 Å². The Morgan fingerprint density at radius 1 is 1.29 bits per heavy atom. The molecule has 0 radical (unpaired) electrons. The van der Waals surface area contributed by atoms with E-state index < -0.39 is 7.87 Å². The Hall–Kier alpha value is -0.200. The average molecular weight is 220 g/mol. The summed E-state index contributed by atoms with van der Waals surface area (Å²) in [7, 11) is -3.33. The van der Waals surface area contributed by atoms with Gasteiger partial charge in [-0.05, 0) is 0 Å². The second-order valence-corrected chi connectivity index (χ2v) is 7.14. The zero-order valence-electron chi connectivity index (χ0n) is 9.36. The van der Waals surface area contributed by atoms with E-state index in [-0.39, 0.29) is 11.7 Å². The van der Waals surface area contributed by atoms with E-state index in [1.54, 1.807) is 18.5 Å².